The molecule has 3 rings (SSSR count). The van der Waals surface area contributed by atoms with Gasteiger partial charge in [-0.15, -0.1) is 24.0 Å². The first-order valence-corrected chi connectivity index (χ1v) is 9.90. The zero-order valence-corrected chi connectivity index (χ0v) is 20.4. The molecule has 0 spiro atoms. The molecule has 0 amide bonds. The lowest BCUT2D eigenvalue weighted by atomic mass is 9.84. The van der Waals surface area contributed by atoms with Crippen molar-refractivity contribution >= 4 is 29.9 Å². The summed E-state index contributed by atoms with van der Waals surface area (Å²) in [5.41, 5.74) is 2.32. The van der Waals surface area contributed by atoms with Crippen molar-refractivity contribution in [3.05, 3.63) is 47.8 Å². The molecule has 1 aliphatic rings. The second-order valence-corrected chi connectivity index (χ2v) is 7.88. The van der Waals surface area contributed by atoms with E-state index in [1.165, 1.54) is 11.3 Å². The summed E-state index contributed by atoms with van der Waals surface area (Å²) in [5, 5.41) is 3.41. The largest absolute Gasteiger partial charge is 0.486 e. The Balaban J connectivity index is 0.00000300. The van der Waals surface area contributed by atoms with Crippen molar-refractivity contribution in [3.63, 3.8) is 0 Å². The third kappa shape index (κ3) is 5.81. The van der Waals surface area contributed by atoms with Crippen molar-refractivity contribution in [2.75, 3.05) is 33.4 Å². The molecule has 1 aliphatic heterocycles. The minimum atomic E-state index is -0.123. The van der Waals surface area contributed by atoms with Crippen LogP contribution in [-0.4, -0.2) is 48.8 Å². The molecule has 0 bridgehead atoms. The maximum atomic E-state index is 5.75. The first kappa shape index (κ1) is 23.4. The van der Waals surface area contributed by atoms with Gasteiger partial charge in [-0.1, -0.05) is 19.9 Å². The molecule has 0 unspecified atom stereocenters. The summed E-state index contributed by atoms with van der Waals surface area (Å²) in [6.07, 6.45) is 2.07. The first-order chi connectivity index (χ1) is 13.4. The van der Waals surface area contributed by atoms with Gasteiger partial charge < -0.3 is 24.3 Å². The maximum absolute atomic E-state index is 5.75. The zero-order valence-electron chi connectivity index (χ0n) is 18.1. The molecule has 1 aromatic heterocycles. The summed E-state index contributed by atoms with van der Waals surface area (Å²) < 4.78 is 13.5. The summed E-state index contributed by atoms with van der Waals surface area (Å²) in [6, 6.07) is 10.4. The van der Waals surface area contributed by atoms with E-state index in [2.05, 4.69) is 80.1 Å². The van der Waals surface area contributed by atoms with E-state index in [1.807, 2.05) is 6.07 Å². The number of nitrogens with zero attached hydrogens (tertiary/aromatic N) is 3. The van der Waals surface area contributed by atoms with Crippen LogP contribution in [0.5, 0.6) is 11.5 Å². The summed E-state index contributed by atoms with van der Waals surface area (Å²) in [7, 11) is 4.14. The van der Waals surface area contributed by atoms with E-state index in [4.69, 9.17) is 14.5 Å². The zero-order chi connectivity index (χ0) is 20.1. The van der Waals surface area contributed by atoms with Crippen molar-refractivity contribution in [1.82, 2.24) is 14.8 Å². The van der Waals surface area contributed by atoms with Gasteiger partial charge in [0, 0.05) is 37.9 Å². The van der Waals surface area contributed by atoms with Crippen molar-refractivity contribution in [2.24, 2.45) is 12.0 Å². The standard InChI is InChI=1S/C22H32N4O2.HI/c1-6-23-21(26(5)15-18-8-7-11-25(18)4)24-16-22(2,3)17-9-10-19-20(14-17)28-13-12-27-19;/h7-11,14H,6,12-13,15-16H2,1-5H3,(H,23,24);1H. The summed E-state index contributed by atoms with van der Waals surface area (Å²) in [6.45, 7) is 10.0. The quantitative estimate of drug-likeness (QED) is 0.364. The molecule has 0 saturated heterocycles. The molecule has 1 N–H and O–H groups in total. The van der Waals surface area contributed by atoms with E-state index in [9.17, 15) is 0 Å². The predicted molar refractivity (Wildman–Crippen MR) is 129 cm³/mol. The molecule has 0 aliphatic carbocycles. The Morgan fingerprint density at radius 3 is 2.59 bits per heavy atom. The molecule has 0 radical (unpaired) electrons. The topological polar surface area (TPSA) is 51.0 Å². The third-order valence-corrected chi connectivity index (χ3v) is 5.09. The molecule has 0 saturated carbocycles. The Morgan fingerprint density at radius 1 is 1.21 bits per heavy atom. The van der Waals surface area contributed by atoms with Crippen molar-refractivity contribution in [1.29, 1.82) is 0 Å². The SMILES string of the molecule is CCNC(=NCC(C)(C)c1ccc2c(c1)OCCO2)N(C)Cc1cccn1C.I. The van der Waals surface area contributed by atoms with E-state index < -0.39 is 0 Å². The highest BCUT2D eigenvalue weighted by Crippen LogP contribution is 2.35. The van der Waals surface area contributed by atoms with Crippen LogP contribution in [-0.2, 0) is 19.0 Å². The van der Waals surface area contributed by atoms with Gasteiger partial charge in [-0.05, 0) is 36.8 Å². The van der Waals surface area contributed by atoms with E-state index in [-0.39, 0.29) is 29.4 Å². The number of aromatic nitrogens is 1. The van der Waals surface area contributed by atoms with Crippen LogP contribution in [0.25, 0.3) is 0 Å². The van der Waals surface area contributed by atoms with Crippen LogP contribution >= 0.6 is 24.0 Å². The Labute approximate surface area is 191 Å². The number of ether oxygens (including phenoxy) is 2. The number of nitrogens with one attached hydrogen (secondary N) is 1. The molecule has 160 valence electrons. The normalized spacial score (nSPS) is 13.6. The highest BCUT2D eigenvalue weighted by Gasteiger charge is 2.24. The van der Waals surface area contributed by atoms with Crippen molar-refractivity contribution in [2.45, 2.75) is 32.7 Å². The van der Waals surface area contributed by atoms with Crippen molar-refractivity contribution in [3.8, 4) is 11.5 Å². The highest BCUT2D eigenvalue weighted by molar-refractivity contribution is 14.0. The fraction of sp³-hybridized carbons (Fsp3) is 0.500. The average molecular weight is 512 g/mol. The molecular formula is C22H33IN4O2. The molecule has 2 heterocycles. The Morgan fingerprint density at radius 2 is 1.93 bits per heavy atom. The van der Waals surface area contributed by atoms with Crippen LogP contribution in [0.3, 0.4) is 0 Å². The average Bonchev–Trinajstić information content (AvgIpc) is 3.09. The lowest BCUT2D eigenvalue weighted by Gasteiger charge is -2.28. The van der Waals surface area contributed by atoms with Crippen LogP contribution in [0.1, 0.15) is 32.0 Å². The second kappa shape index (κ2) is 10.2. The number of halogens is 1. The number of fused-ring (bicyclic) bond motifs is 1. The molecule has 0 atom stereocenters. The van der Waals surface area contributed by atoms with E-state index in [1.54, 1.807) is 0 Å². The Hall–Kier alpha value is -1.90. The summed E-state index contributed by atoms with van der Waals surface area (Å²) in [5.74, 6) is 2.56. The lowest BCUT2D eigenvalue weighted by molar-refractivity contribution is 0.171. The van der Waals surface area contributed by atoms with Gasteiger partial charge in [0.05, 0.1) is 13.1 Å². The van der Waals surface area contributed by atoms with Crippen molar-refractivity contribution < 1.29 is 9.47 Å². The van der Waals surface area contributed by atoms with Gasteiger partial charge in [-0.2, -0.15) is 0 Å². The maximum Gasteiger partial charge on any atom is 0.194 e. The lowest BCUT2D eigenvalue weighted by Crippen LogP contribution is -2.39. The van der Waals surface area contributed by atoms with Gasteiger partial charge >= 0.3 is 0 Å². The van der Waals surface area contributed by atoms with Crippen LogP contribution in [0.15, 0.2) is 41.5 Å². The van der Waals surface area contributed by atoms with E-state index in [0.717, 1.165) is 30.5 Å². The number of aliphatic imine (C=N–C) groups is 1. The predicted octanol–water partition coefficient (Wildman–Crippen LogP) is 3.79. The molecule has 6 nitrogen and oxygen atoms in total. The third-order valence-electron chi connectivity index (χ3n) is 5.09. The summed E-state index contributed by atoms with van der Waals surface area (Å²) >= 11 is 0. The van der Waals surface area contributed by atoms with Crippen LogP contribution in [0, 0.1) is 0 Å². The number of rotatable bonds is 6. The van der Waals surface area contributed by atoms with Gasteiger partial charge in [0.1, 0.15) is 13.2 Å². The smallest absolute Gasteiger partial charge is 0.194 e. The van der Waals surface area contributed by atoms with Crippen LogP contribution < -0.4 is 14.8 Å². The Kier molecular flexibility index (Phi) is 8.24. The van der Waals surface area contributed by atoms with Crippen LogP contribution in [0.2, 0.25) is 0 Å². The second-order valence-electron chi connectivity index (χ2n) is 7.88. The van der Waals surface area contributed by atoms with Gasteiger partial charge in [0.25, 0.3) is 0 Å². The molecule has 29 heavy (non-hydrogen) atoms. The number of guanidine groups is 1. The molecule has 7 heteroatoms. The van der Waals surface area contributed by atoms with Gasteiger partial charge in [0.2, 0.25) is 0 Å². The number of benzene rings is 1. The van der Waals surface area contributed by atoms with Gasteiger partial charge in [-0.25, -0.2) is 0 Å². The first-order valence-electron chi connectivity index (χ1n) is 9.90. The minimum Gasteiger partial charge on any atom is -0.486 e. The number of hydrogen-bond acceptors (Lipinski definition) is 3. The Bertz CT molecular complexity index is 832. The fourth-order valence-corrected chi connectivity index (χ4v) is 3.28. The van der Waals surface area contributed by atoms with Crippen LogP contribution in [0.4, 0.5) is 0 Å². The molecule has 0 fully saturated rings. The van der Waals surface area contributed by atoms with E-state index in [0.29, 0.717) is 19.8 Å². The summed E-state index contributed by atoms with van der Waals surface area (Å²) in [4.78, 5) is 7.10. The van der Waals surface area contributed by atoms with Gasteiger partial charge in [-0.3, -0.25) is 4.99 Å². The molecular weight excluding hydrogens is 479 g/mol. The fourth-order valence-electron chi connectivity index (χ4n) is 3.28. The highest BCUT2D eigenvalue weighted by atomic mass is 127. The van der Waals surface area contributed by atoms with E-state index >= 15 is 0 Å². The van der Waals surface area contributed by atoms with Gasteiger partial charge in [0.15, 0.2) is 17.5 Å². The molecule has 1 aromatic carbocycles. The monoisotopic (exact) mass is 512 g/mol. The number of aryl methyl sites for hydroxylation is 1. The molecule has 2 aromatic rings. The minimum absolute atomic E-state index is 0. The number of hydrogen-bond donors (Lipinski definition) is 1.